The van der Waals surface area contributed by atoms with E-state index in [0.29, 0.717) is 5.15 Å². The first-order chi connectivity index (χ1) is 9.61. The molecule has 0 spiro atoms. The molecular formula is C15H25ClN4. The summed E-state index contributed by atoms with van der Waals surface area (Å²) in [5.41, 5.74) is 0.982. The van der Waals surface area contributed by atoms with E-state index in [-0.39, 0.29) is 0 Å². The van der Waals surface area contributed by atoms with Crippen LogP contribution in [0.1, 0.15) is 37.6 Å². The summed E-state index contributed by atoms with van der Waals surface area (Å²) in [5.74, 6) is 1.83. The molecule has 0 saturated carbocycles. The molecule has 20 heavy (non-hydrogen) atoms. The molecule has 112 valence electrons. The molecule has 1 saturated heterocycles. The predicted molar refractivity (Wildman–Crippen MR) is 84.7 cm³/mol. The minimum Gasteiger partial charge on any atom is -0.358 e. The summed E-state index contributed by atoms with van der Waals surface area (Å²) in [6, 6.07) is 0. The highest BCUT2D eigenvalue weighted by Crippen LogP contribution is 2.23. The monoisotopic (exact) mass is 296 g/mol. The van der Waals surface area contributed by atoms with Crippen LogP contribution in [-0.2, 0) is 6.42 Å². The standard InChI is InChI=1S/C15H25ClN4/c1-4-7-13-17-14(16)12(2)15(18-13)19(3)10-11-20-8-5-6-9-20/h4-11H2,1-3H3. The Kier molecular flexibility index (Phi) is 5.61. The van der Waals surface area contributed by atoms with E-state index in [9.17, 15) is 0 Å². The Morgan fingerprint density at radius 2 is 1.95 bits per heavy atom. The van der Waals surface area contributed by atoms with Gasteiger partial charge in [-0.2, -0.15) is 0 Å². The van der Waals surface area contributed by atoms with Gasteiger partial charge in [-0.05, 0) is 39.3 Å². The normalized spacial score (nSPS) is 15.8. The van der Waals surface area contributed by atoms with Gasteiger partial charge in [-0.3, -0.25) is 0 Å². The Morgan fingerprint density at radius 3 is 2.60 bits per heavy atom. The van der Waals surface area contributed by atoms with Gasteiger partial charge in [-0.15, -0.1) is 0 Å². The maximum absolute atomic E-state index is 6.24. The number of nitrogens with zero attached hydrogens (tertiary/aromatic N) is 4. The Balaban J connectivity index is 2.05. The van der Waals surface area contributed by atoms with Gasteiger partial charge in [0.2, 0.25) is 0 Å². The van der Waals surface area contributed by atoms with Gasteiger partial charge < -0.3 is 9.80 Å². The smallest absolute Gasteiger partial charge is 0.137 e. The number of aryl methyl sites for hydroxylation is 1. The van der Waals surface area contributed by atoms with E-state index in [2.05, 4.69) is 33.7 Å². The number of anilines is 1. The minimum atomic E-state index is 0.589. The number of likely N-dealkylation sites (tertiary alicyclic amines) is 1. The van der Waals surface area contributed by atoms with E-state index in [0.717, 1.165) is 43.1 Å². The van der Waals surface area contributed by atoms with Crippen LogP contribution in [0, 0.1) is 6.92 Å². The topological polar surface area (TPSA) is 32.3 Å². The lowest BCUT2D eigenvalue weighted by Gasteiger charge is -2.24. The average molecular weight is 297 g/mol. The quantitative estimate of drug-likeness (QED) is 0.756. The number of rotatable bonds is 6. The molecule has 2 heterocycles. The molecule has 1 fully saturated rings. The van der Waals surface area contributed by atoms with Crippen LogP contribution in [0.15, 0.2) is 0 Å². The molecule has 1 aliphatic heterocycles. The lowest BCUT2D eigenvalue weighted by atomic mass is 10.2. The number of likely N-dealkylation sites (N-methyl/N-ethyl adjacent to an activating group) is 1. The molecule has 1 aromatic rings. The fraction of sp³-hybridized carbons (Fsp3) is 0.733. The Morgan fingerprint density at radius 1 is 1.25 bits per heavy atom. The van der Waals surface area contributed by atoms with E-state index in [1.807, 2.05) is 6.92 Å². The number of halogens is 1. The van der Waals surface area contributed by atoms with E-state index in [1.165, 1.54) is 25.9 Å². The molecule has 5 heteroatoms. The van der Waals surface area contributed by atoms with Gasteiger partial charge in [0, 0.05) is 32.1 Å². The molecule has 0 radical (unpaired) electrons. The highest BCUT2D eigenvalue weighted by atomic mass is 35.5. The molecule has 0 aromatic carbocycles. The highest BCUT2D eigenvalue weighted by molar-refractivity contribution is 6.30. The minimum absolute atomic E-state index is 0.589. The third kappa shape index (κ3) is 3.83. The zero-order valence-corrected chi connectivity index (χ0v) is 13.6. The van der Waals surface area contributed by atoms with Crippen LogP contribution in [0.2, 0.25) is 5.15 Å². The van der Waals surface area contributed by atoms with Crippen LogP contribution >= 0.6 is 11.6 Å². The maximum atomic E-state index is 6.24. The first kappa shape index (κ1) is 15.5. The lowest BCUT2D eigenvalue weighted by Crippen LogP contribution is -2.32. The zero-order chi connectivity index (χ0) is 14.5. The van der Waals surface area contributed by atoms with Gasteiger partial charge in [0.05, 0.1) is 0 Å². The SMILES string of the molecule is CCCc1nc(Cl)c(C)c(N(C)CCN2CCCC2)n1. The van der Waals surface area contributed by atoms with Crippen molar-refractivity contribution in [1.82, 2.24) is 14.9 Å². The molecule has 0 bridgehead atoms. The molecule has 0 amide bonds. The van der Waals surface area contributed by atoms with Crippen molar-refractivity contribution in [1.29, 1.82) is 0 Å². The second-order valence-electron chi connectivity index (χ2n) is 5.60. The Labute approximate surface area is 127 Å². The second kappa shape index (κ2) is 7.23. The first-order valence-corrected chi connectivity index (χ1v) is 7.96. The van der Waals surface area contributed by atoms with Crippen molar-refractivity contribution in [3.63, 3.8) is 0 Å². The average Bonchev–Trinajstić information content (AvgIpc) is 2.93. The van der Waals surface area contributed by atoms with E-state index >= 15 is 0 Å². The van der Waals surface area contributed by atoms with Crippen LogP contribution in [0.25, 0.3) is 0 Å². The van der Waals surface area contributed by atoms with E-state index in [1.54, 1.807) is 0 Å². The van der Waals surface area contributed by atoms with Crippen LogP contribution in [0.4, 0.5) is 5.82 Å². The van der Waals surface area contributed by atoms with Gasteiger partial charge >= 0.3 is 0 Å². The largest absolute Gasteiger partial charge is 0.358 e. The molecule has 0 unspecified atom stereocenters. The van der Waals surface area contributed by atoms with Gasteiger partial charge in [-0.1, -0.05) is 18.5 Å². The summed E-state index contributed by atoms with van der Waals surface area (Å²) in [5, 5.41) is 0.589. The van der Waals surface area contributed by atoms with Gasteiger partial charge in [0.15, 0.2) is 0 Å². The van der Waals surface area contributed by atoms with Crippen molar-refractivity contribution in [2.45, 2.75) is 39.5 Å². The third-order valence-electron chi connectivity index (χ3n) is 3.89. The molecular weight excluding hydrogens is 272 g/mol. The van der Waals surface area contributed by atoms with Crippen molar-refractivity contribution in [3.05, 3.63) is 16.5 Å². The predicted octanol–water partition coefficient (Wildman–Crippen LogP) is 2.92. The zero-order valence-electron chi connectivity index (χ0n) is 12.8. The Bertz CT molecular complexity index is 444. The molecule has 1 aromatic heterocycles. The summed E-state index contributed by atoms with van der Waals surface area (Å²) in [7, 11) is 2.09. The summed E-state index contributed by atoms with van der Waals surface area (Å²) in [6.07, 6.45) is 4.59. The fourth-order valence-electron chi connectivity index (χ4n) is 2.63. The number of hydrogen-bond donors (Lipinski definition) is 0. The summed E-state index contributed by atoms with van der Waals surface area (Å²) >= 11 is 6.24. The third-order valence-corrected chi connectivity index (χ3v) is 4.26. The molecule has 4 nitrogen and oxygen atoms in total. The van der Waals surface area contributed by atoms with E-state index < -0.39 is 0 Å². The van der Waals surface area contributed by atoms with Gasteiger partial charge in [0.25, 0.3) is 0 Å². The van der Waals surface area contributed by atoms with E-state index in [4.69, 9.17) is 11.6 Å². The van der Waals surface area contributed by atoms with Crippen LogP contribution < -0.4 is 4.90 Å². The van der Waals surface area contributed by atoms with Crippen molar-refractivity contribution < 1.29 is 0 Å². The molecule has 0 N–H and O–H groups in total. The molecule has 2 rings (SSSR count). The van der Waals surface area contributed by atoms with Crippen LogP contribution in [0.5, 0.6) is 0 Å². The number of aromatic nitrogens is 2. The summed E-state index contributed by atoms with van der Waals surface area (Å²) in [4.78, 5) is 13.8. The van der Waals surface area contributed by atoms with Crippen molar-refractivity contribution in [2.75, 3.05) is 38.1 Å². The highest BCUT2D eigenvalue weighted by Gasteiger charge is 2.15. The second-order valence-corrected chi connectivity index (χ2v) is 5.96. The Hall–Kier alpha value is -0.870. The van der Waals surface area contributed by atoms with Crippen molar-refractivity contribution >= 4 is 17.4 Å². The summed E-state index contributed by atoms with van der Waals surface area (Å²) in [6.45, 7) is 8.69. The molecule has 0 aliphatic carbocycles. The molecule has 0 atom stereocenters. The van der Waals surface area contributed by atoms with Gasteiger partial charge in [0.1, 0.15) is 16.8 Å². The van der Waals surface area contributed by atoms with Crippen molar-refractivity contribution in [2.24, 2.45) is 0 Å². The van der Waals surface area contributed by atoms with Gasteiger partial charge in [-0.25, -0.2) is 9.97 Å². The number of hydrogen-bond acceptors (Lipinski definition) is 4. The molecule has 1 aliphatic rings. The van der Waals surface area contributed by atoms with Crippen molar-refractivity contribution in [3.8, 4) is 0 Å². The van der Waals surface area contributed by atoms with Crippen LogP contribution in [0.3, 0.4) is 0 Å². The van der Waals surface area contributed by atoms with Crippen LogP contribution in [-0.4, -0.2) is 48.1 Å². The summed E-state index contributed by atoms with van der Waals surface area (Å²) < 4.78 is 0. The fourth-order valence-corrected chi connectivity index (χ4v) is 2.81. The maximum Gasteiger partial charge on any atom is 0.137 e. The first-order valence-electron chi connectivity index (χ1n) is 7.58. The lowest BCUT2D eigenvalue weighted by molar-refractivity contribution is 0.346.